The fraction of sp³-hybridized carbons (Fsp3) is 0.316. The van der Waals surface area contributed by atoms with E-state index in [0.717, 1.165) is 11.1 Å². The van der Waals surface area contributed by atoms with Gasteiger partial charge < -0.3 is 19.9 Å². The van der Waals surface area contributed by atoms with Crippen LogP contribution in [-0.4, -0.2) is 31.8 Å². The number of methoxy groups -OCH3 is 2. The predicted octanol–water partition coefficient (Wildman–Crippen LogP) is 2.92. The van der Waals surface area contributed by atoms with E-state index >= 15 is 0 Å². The molecule has 0 saturated heterocycles. The molecular formula is C19H20ClNO4. The van der Waals surface area contributed by atoms with Crippen molar-refractivity contribution >= 4 is 17.5 Å². The van der Waals surface area contributed by atoms with Crippen molar-refractivity contribution in [1.82, 2.24) is 5.32 Å². The van der Waals surface area contributed by atoms with Crippen LogP contribution in [0.1, 0.15) is 27.9 Å². The minimum absolute atomic E-state index is 0.112. The molecule has 2 aromatic rings. The number of benzene rings is 2. The Kier molecular flexibility index (Phi) is 4.88. The van der Waals surface area contributed by atoms with Crippen molar-refractivity contribution in [1.29, 1.82) is 0 Å². The van der Waals surface area contributed by atoms with E-state index in [1.54, 1.807) is 44.6 Å². The summed E-state index contributed by atoms with van der Waals surface area (Å²) in [4.78, 5) is 12.3. The van der Waals surface area contributed by atoms with Gasteiger partial charge in [-0.1, -0.05) is 17.7 Å². The fourth-order valence-corrected chi connectivity index (χ4v) is 3.37. The minimum atomic E-state index is -1.14. The Bertz CT molecular complexity index is 808. The number of amides is 1. The van der Waals surface area contributed by atoms with Crippen LogP contribution in [0.3, 0.4) is 0 Å². The second kappa shape index (κ2) is 6.94. The summed E-state index contributed by atoms with van der Waals surface area (Å²) >= 11 is 5.92. The Hall–Kier alpha value is -2.24. The number of nitrogens with one attached hydrogen (secondary N) is 1. The lowest BCUT2D eigenvalue weighted by Gasteiger charge is -2.25. The molecule has 1 aliphatic carbocycles. The monoisotopic (exact) mass is 361 g/mol. The average Bonchev–Trinajstić information content (AvgIpc) is 2.95. The lowest BCUT2D eigenvalue weighted by atomic mass is 9.95. The van der Waals surface area contributed by atoms with Crippen molar-refractivity contribution in [3.8, 4) is 11.5 Å². The summed E-state index contributed by atoms with van der Waals surface area (Å²) in [5, 5.41) is 14.3. The highest BCUT2D eigenvalue weighted by atomic mass is 35.5. The molecule has 0 aliphatic heterocycles. The Morgan fingerprint density at radius 1 is 1.24 bits per heavy atom. The number of ether oxygens (including phenoxy) is 2. The molecule has 2 N–H and O–H groups in total. The first-order valence-electron chi connectivity index (χ1n) is 7.98. The third kappa shape index (κ3) is 3.43. The SMILES string of the molecule is COc1cc2c(cc1OC)C(O)(CNC(=O)c1cccc(Cl)c1)CC2. The molecule has 3 rings (SSSR count). The van der Waals surface area contributed by atoms with Gasteiger partial charge in [0.15, 0.2) is 11.5 Å². The van der Waals surface area contributed by atoms with Crippen molar-refractivity contribution in [2.24, 2.45) is 0 Å². The van der Waals surface area contributed by atoms with Crippen molar-refractivity contribution in [3.63, 3.8) is 0 Å². The highest BCUT2D eigenvalue weighted by Crippen LogP contribution is 2.42. The topological polar surface area (TPSA) is 67.8 Å². The maximum Gasteiger partial charge on any atom is 0.251 e. The molecule has 0 aromatic heterocycles. The maximum absolute atomic E-state index is 12.3. The quantitative estimate of drug-likeness (QED) is 0.859. The first-order chi connectivity index (χ1) is 12.0. The lowest BCUT2D eigenvalue weighted by Crippen LogP contribution is -2.39. The Balaban J connectivity index is 1.79. The highest BCUT2D eigenvalue weighted by molar-refractivity contribution is 6.30. The van der Waals surface area contributed by atoms with Gasteiger partial charge in [-0.25, -0.2) is 0 Å². The molecule has 0 saturated carbocycles. The number of aryl methyl sites for hydroxylation is 1. The largest absolute Gasteiger partial charge is 0.493 e. The molecule has 1 aliphatic rings. The summed E-state index contributed by atoms with van der Waals surface area (Å²) in [6.45, 7) is 0.112. The molecule has 25 heavy (non-hydrogen) atoms. The average molecular weight is 362 g/mol. The molecule has 6 heteroatoms. The van der Waals surface area contributed by atoms with Gasteiger partial charge in [-0.3, -0.25) is 4.79 Å². The van der Waals surface area contributed by atoms with Gasteiger partial charge in [0.1, 0.15) is 5.60 Å². The zero-order valence-corrected chi connectivity index (χ0v) is 14.9. The van der Waals surface area contributed by atoms with E-state index in [-0.39, 0.29) is 12.5 Å². The summed E-state index contributed by atoms with van der Waals surface area (Å²) in [5.74, 6) is 0.918. The third-order valence-corrected chi connectivity index (χ3v) is 4.78. The van der Waals surface area contributed by atoms with E-state index in [4.69, 9.17) is 21.1 Å². The molecule has 1 unspecified atom stereocenters. The van der Waals surface area contributed by atoms with Crippen LogP contribution in [0.25, 0.3) is 0 Å². The van der Waals surface area contributed by atoms with Crippen LogP contribution in [0.4, 0.5) is 0 Å². The van der Waals surface area contributed by atoms with Crippen molar-refractivity contribution in [2.45, 2.75) is 18.4 Å². The van der Waals surface area contributed by atoms with E-state index in [0.29, 0.717) is 34.9 Å². The molecule has 0 radical (unpaired) electrons. The smallest absolute Gasteiger partial charge is 0.251 e. The molecule has 132 valence electrons. The number of rotatable bonds is 5. The Labute approximate surface area is 151 Å². The van der Waals surface area contributed by atoms with Crippen LogP contribution in [0.15, 0.2) is 36.4 Å². The van der Waals surface area contributed by atoms with Gasteiger partial charge in [0.05, 0.1) is 20.8 Å². The second-order valence-corrected chi connectivity index (χ2v) is 6.53. The molecule has 5 nitrogen and oxygen atoms in total. The highest BCUT2D eigenvalue weighted by Gasteiger charge is 2.38. The zero-order valence-electron chi connectivity index (χ0n) is 14.1. The van der Waals surface area contributed by atoms with Crippen LogP contribution in [0.2, 0.25) is 5.02 Å². The van der Waals surface area contributed by atoms with Crippen LogP contribution < -0.4 is 14.8 Å². The normalized spacial score (nSPS) is 18.6. The predicted molar refractivity (Wildman–Crippen MR) is 95.5 cm³/mol. The summed E-state index contributed by atoms with van der Waals surface area (Å²) in [7, 11) is 3.13. The number of carbonyl (C=O) groups is 1. The Morgan fingerprint density at radius 2 is 1.96 bits per heavy atom. The molecule has 0 fully saturated rings. The third-order valence-electron chi connectivity index (χ3n) is 4.55. The van der Waals surface area contributed by atoms with Gasteiger partial charge in [-0.05, 0) is 54.3 Å². The van der Waals surface area contributed by atoms with E-state index in [1.165, 1.54) is 0 Å². The summed E-state index contributed by atoms with van der Waals surface area (Å²) in [6.07, 6.45) is 1.23. The van der Waals surface area contributed by atoms with Crippen LogP contribution in [0, 0.1) is 0 Å². The van der Waals surface area contributed by atoms with Crippen LogP contribution >= 0.6 is 11.6 Å². The molecule has 1 amide bonds. The van der Waals surface area contributed by atoms with Gasteiger partial charge in [0.25, 0.3) is 5.91 Å². The van der Waals surface area contributed by atoms with Crippen molar-refractivity contribution in [2.75, 3.05) is 20.8 Å². The molecular weight excluding hydrogens is 342 g/mol. The first-order valence-corrected chi connectivity index (χ1v) is 8.36. The maximum atomic E-state index is 12.3. The number of aliphatic hydroxyl groups is 1. The summed E-state index contributed by atoms with van der Waals surface area (Å²) in [5.41, 5.74) is 1.08. The summed E-state index contributed by atoms with van der Waals surface area (Å²) < 4.78 is 10.6. The number of hydrogen-bond donors (Lipinski definition) is 2. The van der Waals surface area contributed by atoms with Gasteiger partial charge >= 0.3 is 0 Å². The standard InChI is InChI=1S/C19H20ClNO4/c1-24-16-9-12-6-7-19(23,15(12)10-17(16)25-2)11-21-18(22)13-4-3-5-14(20)8-13/h3-5,8-10,23H,6-7,11H2,1-2H3,(H,21,22). The number of fused-ring (bicyclic) bond motifs is 1. The van der Waals surface area contributed by atoms with Gasteiger partial charge in [-0.15, -0.1) is 0 Å². The van der Waals surface area contributed by atoms with Crippen LogP contribution in [0.5, 0.6) is 11.5 Å². The van der Waals surface area contributed by atoms with Crippen molar-refractivity contribution in [3.05, 3.63) is 58.1 Å². The number of carbonyl (C=O) groups excluding carboxylic acids is 1. The van der Waals surface area contributed by atoms with E-state index in [1.807, 2.05) is 6.07 Å². The molecule has 0 spiro atoms. The van der Waals surface area contributed by atoms with Gasteiger partial charge in [-0.2, -0.15) is 0 Å². The van der Waals surface area contributed by atoms with E-state index in [2.05, 4.69) is 5.32 Å². The lowest BCUT2D eigenvalue weighted by molar-refractivity contribution is 0.0368. The minimum Gasteiger partial charge on any atom is -0.493 e. The molecule has 0 heterocycles. The number of hydrogen-bond acceptors (Lipinski definition) is 4. The van der Waals surface area contributed by atoms with E-state index < -0.39 is 5.60 Å². The van der Waals surface area contributed by atoms with Gasteiger partial charge in [0.2, 0.25) is 0 Å². The zero-order chi connectivity index (χ0) is 18.0. The number of halogens is 1. The summed E-state index contributed by atoms with van der Waals surface area (Å²) in [6, 6.07) is 10.4. The second-order valence-electron chi connectivity index (χ2n) is 6.09. The first kappa shape index (κ1) is 17.6. The van der Waals surface area contributed by atoms with Gasteiger partial charge in [0, 0.05) is 10.6 Å². The molecule has 2 aromatic carbocycles. The molecule has 0 bridgehead atoms. The van der Waals surface area contributed by atoms with Crippen LogP contribution in [-0.2, 0) is 12.0 Å². The van der Waals surface area contributed by atoms with Crippen molar-refractivity contribution < 1.29 is 19.4 Å². The van der Waals surface area contributed by atoms with E-state index in [9.17, 15) is 9.90 Å². The fourth-order valence-electron chi connectivity index (χ4n) is 3.18. The Morgan fingerprint density at radius 3 is 2.64 bits per heavy atom. The molecule has 1 atom stereocenters.